The first kappa shape index (κ1) is 19.1. The maximum Gasteiger partial charge on any atom is 0.222 e. The Morgan fingerprint density at radius 1 is 1.24 bits per heavy atom. The molecule has 0 heterocycles. The molecular formula is C13H29ClN2O. The topological polar surface area (TPSA) is 32.3 Å². The Kier molecular flexibility index (Phi) is 13.7. The monoisotopic (exact) mass is 264 g/mol. The Hall–Kier alpha value is -0.280. The van der Waals surface area contributed by atoms with Crippen LogP contribution in [-0.4, -0.2) is 37.0 Å². The van der Waals surface area contributed by atoms with Crippen LogP contribution in [0.15, 0.2) is 0 Å². The predicted molar refractivity (Wildman–Crippen MR) is 76.8 cm³/mol. The number of amides is 1. The summed E-state index contributed by atoms with van der Waals surface area (Å²) in [6, 6.07) is 0.332. The third-order valence-corrected chi connectivity index (χ3v) is 2.76. The Bertz CT molecular complexity index is 186. The molecule has 0 rings (SSSR count). The zero-order valence-corrected chi connectivity index (χ0v) is 12.6. The summed E-state index contributed by atoms with van der Waals surface area (Å²) in [5.41, 5.74) is 0. The van der Waals surface area contributed by atoms with Crippen LogP contribution in [0, 0.1) is 0 Å². The van der Waals surface area contributed by atoms with E-state index in [4.69, 9.17) is 0 Å². The Labute approximate surface area is 113 Å². The van der Waals surface area contributed by atoms with E-state index in [0.717, 1.165) is 25.9 Å². The molecule has 0 saturated heterocycles. The highest BCUT2D eigenvalue weighted by molar-refractivity contribution is 5.85. The molecule has 0 atom stereocenters. The van der Waals surface area contributed by atoms with Crippen LogP contribution in [0.5, 0.6) is 0 Å². The van der Waals surface area contributed by atoms with E-state index in [-0.39, 0.29) is 12.4 Å². The maximum absolute atomic E-state index is 12.0. The van der Waals surface area contributed by atoms with Gasteiger partial charge in [-0.15, -0.1) is 12.4 Å². The fourth-order valence-corrected chi connectivity index (χ4v) is 1.76. The predicted octanol–water partition coefficient (Wildman–Crippen LogP) is 2.84. The molecule has 0 aliphatic rings. The number of nitrogens with zero attached hydrogens (tertiary/aromatic N) is 1. The molecule has 1 N–H and O–H groups in total. The number of unbranched alkanes of at least 4 members (excludes halogenated alkanes) is 2. The minimum Gasteiger partial charge on any atom is -0.340 e. The van der Waals surface area contributed by atoms with Crippen molar-refractivity contribution in [2.75, 3.05) is 20.1 Å². The van der Waals surface area contributed by atoms with Crippen LogP contribution in [0.4, 0.5) is 0 Å². The van der Waals surface area contributed by atoms with Gasteiger partial charge in [0.2, 0.25) is 5.91 Å². The van der Waals surface area contributed by atoms with Gasteiger partial charge in [-0.05, 0) is 40.3 Å². The Morgan fingerprint density at radius 2 is 1.88 bits per heavy atom. The summed E-state index contributed by atoms with van der Waals surface area (Å²) >= 11 is 0. The van der Waals surface area contributed by atoms with Gasteiger partial charge in [0, 0.05) is 19.0 Å². The summed E-state index contributed by atoms with van der Waals surface area (Å²) in [6.07, 6.45) is 5.16. The van der Waals surface area contributed by atoms with Crippen LogP contribution in [0.25, 0.3) is 0 Å². The number of nitrogens with one attached hydrogen (secondary N) is 1. The van der Waals surface area contributed by atoms with Gasteiger partial charge in [0.1, 0.15) is 0 Å². The smallest absolute Gasteiger partial charge is 0.222 e. The van der Waals surface area contributed by atoms with Crippen molar-refractivity contribution in [1.29, 1.82) is 0 Å². The zero-order valence-electron chi connectivity index (χ0n) is 11.8. The average molecular weight is 265 g/mol. The van der Waals surface area contributed by atoms with Crippen molar-refractivity contribution >= 4 is 18.3 Å². The molecule has 17 heavy (non-hydrogen) atoms. The molecule has 1 amide bonds. The van der Waals surface area contributed by atoms with Crippen molar-refractivity contribution in [1.82, 2.24) is 10.2 Å². The third-order valence-electron chi connectivity index (χ3n) is 2.76. The second-order valence-corrected chi connectivity index (χ2v) is 4.60. The summed E-state index contributed by atoms with van der Waals surface area (Å²) in [5.74, 6) is 0.307. The molecule has 0 aromatic carbocycles. The highest BCUT2D eigenvalue weighted by Gasteiger charge is 2.15. The third kappa shape index (κ3) is 9.42. The highest BCUT2D eigenvalue weighted by atomic mass is 35.5. The molecule has 0 unspecified atom stereocenters. The van der Waals surface area contributed by atoms with E-state index in [1.807, 2.05) is 11.9 Å². The van der Waals surface area contributed by atoms with E-state index in [1.54, 1.807) is 0 Å². The Morgan fingerprint density at radius 3 is 2.35 bits per heavy atom. The lowest BCUT2D eigenvalue weighted by Crippen LogP contribution is -2.37. The van der Waals surface area contributed by atoms with Crippen LogP contribution in [0.1, 0.15) is 52.9 Å². The van der Waals surface area contributed by atoms with E-state index in [9.17, 15) is 4.79 Å². The first-order chi connectivity index (χ1) is 7.63. The number of hydrogen-bond donors (Lipinski definition) is 1. The van der Waals surface area contributed by atoms with Gasteiger partial charge in [0.15, 0.2) is 0 Å². The molecule has 0 bridgehead atoms. The van der Waals surface area contributed by atoms with Crippen molar-refractivity contribution in [3.8, 4) is 0 Å². The van der Waals surface area contributed by atoms with Gasteiger partial charge in [-0.25, -0.2) is 0 Å². The average Bonchev–Trinajstić information content (AvgIpc) is 2.24. The highest BCUT2D eigenvalue weighted by Crippen LogP contribution is 2.06. The minimum absolute atomic E-state index is 0. The standard InChI is InChI=1S/C13H28N2O.ClH/c1-5-6-7-11-15(12(2)3)13(16)9-8-10-14-4;/h12,14H,5-11H2,1-4H3;1H. The van der Waals surface area contributed by atoms with Gasteiger partial charge in [0.05, 0.1) is 0 Å². The molecule has 0 aliphatic carbocycles. The second kappa shape index (κ2) is 12.2. The summed E-state index contributed by atoms with van der Waals surface area (Å²) in [6.45, 7) is 8.23. The molecule has 104 valence electrons. The lowest BCUT2D eigenvalue weighted by atomic mass is 10.2. The van der Waals surface area contributed by atoms with Gasteiger partial charge in [-0.2, -0.15) is 0 Å². The fraction of sp³-hybridized carbons (Fsp3) is 0.923. The number of halogens is 1. The van der Waals surface area contributed by atoms with E-state index in [1.165, 1.54) is 12.8 Å². The van der Waals surface area contributed by atoms with Crippen molar-refractivity contribution in [3.63, 3.8) is 0 Å². The molecule has 3 nitrogen and oxygen atoms in total. The lowest BCUT2D eigenvalue weighted by Gasteiger charge is -2.27. The van der Waals surface area contributed by atoms with Crippen LogP contribution in [0.3, 0.4) is 0 Å². The van der Waals surface area contributed by atoms with Crippen molar-refractivity contribution in [3.05, 3.63) is 0 Å². The molecule has 0 spiro atoms. The van der Waals surface area contributed by atoms with E-state index < -0.39 is 0 Å². The fourth-order valence-electron chi connectivity index (χ4n) is 1.76. The molecule has 0 radical (unpaired) electrons. The second-order valence-electron chi connectivity index (χ2n) is 4.60. The van der Waals surface area contributed by atoms with Crippen LogP contribution < -0.4 is 5.32 Å². The molecule has 0 aromatic heterocycles. The van der Waals surface area contributed by atoms with Crippen molar-refractivity contribution < 1.29 is 4.79 Å². The summed E-state index contributed by atoms with van der Waals surface area (Å²) in [4.78, 5) is 14.0. The Balaban J connectivity index is 0. The first-order valence-corrected chi connectivity index (χ1v) is 6.57. The van der Waals surface area contributed by atoms with E-state index in [2.05, 4.69) is 26.1 Å². The van der Waals surface area contributed by atoms with Crippen LogP contribution >= 0.6 is 12.4 Å². The maximum atomic E-state index is 12.0. The normalized spacial score (nSPS) is 10.2. The van der Waals surface area contributed by atoms with Gasteiger partial charge < -0.3 is 10.2 Å². The molecule has 4 heteroatoms. The number of rotatable bonds is 9. The SMILES string of the molecule is CCCCCN(C(=O)CCCNC)C(C)C.Cl. The molecular weight excluding hydrogens is 236 g/mol. The van der Waals surface area contributed by atoms with Crippen LogP contribution in [0.2, 0.25) is 0 Å². The van der Waals surface area contributed by atoms with E-state index >= 15 is 0 Å². The molecule has 0 saturated carbocycles. The van der Waals surface area contributed by atoms with Crippen molar-refractivity contribution in [2.24, 2.45) is 0 Å². The largest absolute Gasteiger partial charge is 0.340 e. The van der Waals surface area contributed by atoms with Gasteiger partial charge in [0.25, 0.3) is 0 Å². The van der Waals surface area contributed by atoms with Crippen molar-refractivity contribution in [2.45, 2.75) is 58.9 Å². The lowest BCUT2D eigenvalue weighted by molar-refractivity contribution is -0.133. The summed E-state index contributed by atoms with van der Waals surface area (Å²) in [5, 5.41) is 3.07. The quantitative estimate of drug-likeness (QED) is 0.650. The molecule has 0 aliphatic heterocycles. The van der Waals surface area contributed by atoms with E-state index in [0.29, 0.717) is 18.4 Å². The number of hydrogen-bond acceptors (Lipinski definition) is 2. The van der Waals surface area contributed by atoms with Gasteiger partial charge in [-0.1, -0.05) is 19.8 Å². The summed E-state index contributed by atoms with van der Waals surface area (Å²) in [7, 11) is 1.92. The molecule has 0 aromatic rings. The minimum atomic E-state index is 0. The van der Waals surface area contributed by atoms with Gasteiger partial charge in [-0.3, -0.25) is 4.79 Å². The number of carbonyl (C=O) groups is 1. The van der Waals surface area contributed by atoms with Gasteiger partial charge >= 0.3 is 0 Å². The zero-order chi connectivity index (χ0) is 12.4. The molecule has 0 fully saturated rings. The summed E-state index contributed by atoms with van der Waals surface area (Å²) < 4.78 is 0. The number of carbonyl (C=O) groups excluding carboxylic acids is 1. The van der Waals surface area contributed by atoms with Crippen LogP contribution in [-0.2, 0) is 4.79 Å². The first-order valence-electron chi connectivity index (χ1n) is 6.57.